The Morgan fingerprint density at radius 1 is 0.562 bits per heavy atom. The fourth-order valence-electron chi connectivity index (χ4n) is 4.43. The van der Waals surface area contributed by atoms with Crippen LogP contribution in [-0.2, 0) is 0 Å². The Hall–Kier alpha value is -3.69. The first-order chi connectivity index (χ1) is 15.8. The number of aromatic nitrogens is 2. The van der Waals surface area contributed by atoms with Crippen LogP contribution in [0.1, 0.15) is 0 Å². The summed E-state index contributed by atoms with van der Waals surface area (Å²) < 4.78 is 3.39. The van der Waals surface area contributed by atoms with E-state index in [-0.39, 0.29) is 0 Å². The van der Waals surface area contributed by atoms with Crippen LogP contribution in [0.3, 0.4) is 0 Å². The lowest BCUT2D eigenvalue weighted by atomic mass is 9.98. The quantitative estimate of drug-likeness (QED) is 0.252. The van der Waals surface area contributed by atoms with E-state index in [9.17, 15) is 0 Å². The third-order valence-electron chi connectivity index (χ3n) is 5.95. The lowest BCUT2D eigenvalue weighted by Crippen LogP contribution is -1.94. The lowest BCUT2D eigenvalue weighted by molar-refractivity contribution is 1.14. The van der Waals surface area contributed by atoms with Gasteiger partial charge >= 0.3 is 0 Å². The van der Waals surface area contributed by atoms with E-state index in [0.717, 1.165) is 10.2 Å². The molecule has 0 aliphatic rings. The van der Waals surface area contributed by atoms with Gasteiger partial charge in [-0.1, -0.05) is 76.6 Å². The van der Waals surface area contributed by atoms with Crippen molar-refractivity contribution in [3.8, 4) is 27.9 Å². The summed E-state index contributed by atoms with van der Waals surface area (Å²) in [6.45, 7) is 0. The van der Waals surface area contributed by atoms with Crippen LogP contribution in [-0.4, -0.2) is 9.55 Å². The maximum atomic E-state index is 4.36. The van der Waals surface area contributed by atoms with Crippen LogP contribution >= 0.6 is 15.9 Å². The standard InChI is InChI=1S/C29H19BrN2/c30-24-13-10-20(11-14-24)21-5-3-6-22(17-21)23-12-15-27-26-8-1-2-9-28(26)32(29(27)18-23)25-7-4-16-31-19-25/h1-19H. The molecule has 3 heteroatoms. The molecule has 2 aromatic heterocycles. The summed E-state index contributed by atoms with van der Waals surface area (Å²) in [5, 5.41) is 2.50. The number of hydrogen-bond acceptors (Lipinski definition) is 1. The molecule has 0 aliphatic heterocycles. The maximum Gasteiger partial charge on any atom is 0.0645 e. The second-order valence-electron chi connectivity index (χ2n) is 7.88. The molecule has 0 amide bonds. The van der Waals surface area contributed by atoms with Crippen molar-refractivity contribution in [1.82, 2.24) is 9.55 Å². The number of nitrogens with zero attached hydrogens (tertiary/aromatic N) is 2. The highest BCUT2D eigenvalue weighted by Crippen LogP contribution is 2.35. The van der Waals surface area contributed by atoms with Gasteiger partial charge in [0.05, 0.1) is 22.9 Å². The average molecular weight is 475 g/mol. The molecule has 0 saturated carbocycles. The lowest BCUT2D eigenvalue weighted by Gasteiger charge is -2.09. The number of benzene rings is 4. The topological polar surface area (TPSA) is 17.8 Å². The molecule has 0 fully saturated rings. The number of hydrogen-bond donors (Lipinski definition) is 0. The van der Waals surface area contributed by atoms with E-state index < -0.39 is 0 Å². The zero-order valence-electron chi connectivity index (χ0n) is 17.2. The highest BCUT2D eigenvalue weighted by molar-refractivity contribution is 9.10. The third kappa shape index (κ3) is 3.22. The highest BCUT2D eigenvalue weighted by Gasteiger charge is 2.13. The third-order valence-corrected chi connectivity index (χ3v) is 6.48. The molecule has 2 heterocycles. The van der Waals surface area contributed by atoms with E-state index >= 15 is 0 Å². The van der Waals surface area contributed by atoms with Gasteiger partial charge in [0.2, 0.25) is 0 Å². The summed E-state index contributed by atoms with van der Waals surface area (Å²) >= 11 is 3.53. The average Bonchev–Trinajstić information content (AvgIpc) is 3.19. The molecule has 4 aromatic carbocycles. The predicted molar refractivity (Wildman–Crippen MR) is 137 cm³/mol. The molecule has 0 N–H and O–H groups in total. The molecule has 0 radical (unpaired) electrons. The highest BCUT2D eigenvalue weighted by atomic mass is 79.9. The summed E-state index contributed by atoms with van der Waals surface area (Å²) in [5.41, 5.74) is 8.27. The van der Waals surface area contributed by atoms with E-state index in [2.05, 4.69) is 123 Å². The van der Waals surface area contributed by atoms with Crippen LogP contribution in [0.2, 0.25) is 0 Å². The minimum absolute atomic E-state index is 1.07. The van der Waals surface area contributed by atoms with Crippen molar-refractivity contribution < 1.29 is 0 Å². The van der Waals surface area contributed by atoms with Crippen molar-refractivity contribution in [2.24, 2.45) is 0 Å². The summed E-state index contributed by atoms with van der Waals surface area (Å²) in [5.74, 6) is 0. The predicted octanol–water partition coefficient (Wildman–Crippen LogP) is 8.28. The Morgan fingerprint density at radius 3 is 2.09 bits per heavy atom. The fourth-order valence-corrected chi connectivity index (χ4v) is 4.70. The van der Waals surface area contributed by atoms with E-state index in [4.69, 9.17) is 0 Å². The van der Waals surface area contributed by atoms with Crippen molar-refractivity contribution in [1.29, 1.82) is 0 Å². The maximum absolute atomic E-state index is 4.36. The number of rotatable bonds is 3. The molecule has 0 spiro atoms. The number of fused-ring (bicyclic) bond motifs is 3. The molecule has 6 rings (SSSR count). The van der Waals surface area contributed by atoms with Crippen molar-refractivity contribution in [2.45, 2.75) is 0 Å². The minimum atomic E-state index is 1.07. The Kier molecular flexibility index (Phi) is 4.62. The number of pyridine rings is 1. The SMILES string of the molecule is Brc1ccc(-c2cccc(-c3ccc4c5ccccc5n(-c5cccnc5)c4c3)c2)cc1. The van der Waals surface area contributed by atoms with Crippen LogP contribution in [0.15, 0.2) is 120 Å². The molecule has 2 nitrogen and oxygen atoms in total. The second-order valence-corrected chi connectivity index (χ2v) is 8.80. The molecule has 152 valence electrons. The zero-order valence-corrected chi connectivity index (χ0v) is 18.8. The molecule has 0 atom stereocenters. The van der Waals surface area contributed by atoms with E-state index in [0.29, 0.717) is 0 Å². The van der Waals surface area contributed by atoms with Crippen LogP contribution < -0.4 is 0 Å². The summed E-state index contributed by atoms with van der Waals surface area (Å²) in [6, 6.07) is 36.6. The van der Waals surface area contributed by atoms with Gasteiger partial charge in [-0.05, 0) is 64.7 Å². The van der Waals surface area contributed by atoms with Gasteiger partial charge in [-0.25, -0.2) is 0 Å². The number of para-hydroxylation sites is 1. The van der Waals surface area contributed by atoms with Crippen molar-refractivity contribution in [3.05, 3.63) is 120 Å². The smallest absolute Gasteiger partial charge is 0.0645 e. The molecule has 0 aliphatic carbocycles. The van der Waals surface area contributed by atoms with E-state index in [1.54, 1.807) is 0 Å². The normalized spacial score (nSPS) is 11.3. The van der Waals surface area contributed by atoms with Gasteiger partial charge in [0, 0.05) is 21.4 Å². The number of halogens is 1. The Balaban J connectivity index is 1.56. The summed E-state index contributed by atoms with van der Waals surface area (Å²) in [7, 11) is 0. The van der Waals surface area contributed by atoms with E-state index in [1.807, 2.05) is 18.5 Å². The second kappa shape index (κ2) is 7.77. The Labute approximate surface area is 194 Å². The van der Waals surface area contributed by atoms with Gasteiger partial charge < -0.3 is 4.57 Å². The van der Waals surface area contributed by atoms with E-state index in [1.165, 1.54) is 44.1 Å². The molecular formula is C29H19BrN2. The monoisotopic (exact) mass is 474 g/mol. The van der Waals surface area contributed by atoms with Gasteiger partial charge in [0.15, 0.2) is 0 Å². The minimum Gasteiger partial charge on any atom is -0.308 e. The van der Waals surface area contributed by atoms with Gasteiger partial charge in [0.25, 0.3) is 0 Å². The first-order valence-electron chi connectivity index (χ1n) is 10.6. The van der Waals surface area contributed by atoms with Crippen LogP contribution in [0.5, 0.6) is 0 Å². The molecule has 32 heavy (non-hydrogen) atoms. The Bertz CT molecular complexity index is 1560. The molecular weight excluding hydrogens is 456 g/mol. The first kappa shape index (κ1) is 19.0. The summed E-state index contributed by atoms with van der Waals surface area (Å²) in [6.07, 6.45) is 3.74. The Morgan fingerprint density at radius 2 is 1.28 bits per heavy atom. The van der Waals surface area contributed by atoms with Crippen molar-refractivity contribution in [2.75, 3.05) is 0 Å². The fraction of sp³-hybridized carbons (Fsp3) is 0. The van der Waals surface area contributed by atoms with Crippen LogP contribution in [0.4, 0.5) is 0 Å². The zero-order chi connectivity index (χ0) is 21.5. The molecule has 0 unspecified atom stereocenters. The van der Waals surface area contributed by atoms with Crippen molar-refractivity contribution >= 4 is 37.7 Å². The summed E-state index contributed by atoms with van der Waals surface area (Å²) in [4.78, 5) is 4.36. The van der Waals surface area contributed by atoms with Crippen LogP contribution in [0.25, 0.3) is 49.7 Å². The van der Waals surface area contributed by atoms with Crippen LogP contribution in [0, 0.1) is 0 Å². The first-order valence-corrected chi connectivity index (χ1v) is 11.4. The van der Waals surface area contributed by atoms with Gasteiger partial charge in [-0.15, -0.1) is 0 Å². The largest absolute Gasteiger partial charge is 0.308 e. The molecule has 0 saturated heterocycles. The van der Waals surface area contributed by atoms with Gasteiger partial charge in [-0.3, -0.25) is 4.98 Å². The van der Waals surface area contributed by atoms with Crippen molar-refractivity contribution in [3.63, 3.8) is 0 Å². The molecule has 0 bridgehead atoms. The van der Waals surface area contributed by atoms with Gasteiger partial charge in [0.1, 0.15) is 0 Å². The molecule has 6 aromatic rings. The van der Waals surface area contributed by atoms with Gasteiger partial charge in [-0.2, -0.15) is 0 Å².